The van der Waals surface area contributed by atoms with Crippen molar-refractivity contribution in [1.82, 2.24) is 46.4 Å². The van der Waals surface area contributed by atoms with Gasteiger partial charge in [-0.1, -0.05) is 39.0 Å². The zero-order valence-corrected chi connectivity index (χ0v) is 67.1. The number of esters is 1. The summed E-state index contributed by atoms with van der Waals surface area (Å²) in [6.45, 7) is 7.59. The number of aromatic nitrogens is 2. The number of hydrogen-bond acceptors (Lipinski definition) is 22. The van der Waals surface area contributed by atoms with Crippen molar-refractivity contribution in [3.05, 3.63) is 138 Å². The van der Waals surface area contributed by atoms with Crippen LogP contribution < -0.4 is 62.0 Å². The van der Waals surface area contributed by atoms with Gasteiger partial charge in [-0.2, -0.15) is 4.36 Å². The van der Waals surface area contributed by atoms with Gasteiger partial charge >= 0.3 is 30.0 Å². The van der Waals surface area contributed by atoms with Gasteiger partial charge in [0, 0.05) is 78.4 Å². The standard InChI is InChI=1S/C78H101F2N15O19S2/c1-7-27-81-76(103)87-56-16-13-18-60(45-56)116(107,108)92-57-17-12-15-52(42-57)63(46-68(97)98)89-78(105)86-55-23-21-54(22-24-55)85-77(104)82-28-35-110-37-39-111-38-36-109-34-26-67(96)88-64(47-69(99)114-33-9-8-29-94(4)5)74(102)95-30-14-19-65(95)72(100)90-70(50(2)3)73(101)93-115(6,106)49-51-40-58-44-59(41-51)112-31-10-11-32-113-66-43-53(79)20-25-61(66)71-62(80)48-83-75(84-58)91-71/h12-13,15-18,20-25,40-45,48,50,63-65,70,92H,7-11,14,19,26-39,46-47,49H2,1-6H3,(H,88,96)(H,90,100)(H,97,98)(H2,81,87,103)(H2,82,85,104)(H,83,84,91)(H2,86,89,105)/t63-,64+,65+,70+,115+/m1/s1. The largest absolute Gasteiger partial charge is 0.494 e. The van der Waals surface area contributed by atoms with Crippen LogP contribution in [0.25, 0.3) is 11.3 Å². The maximum Gasteiger partial charge on any atom is 0.319 e. The van der Waals surface area contributed by atoms with Gasteiger partial charge < -0.3 is 91.2 Å². The molecule has 8 rings (SSSR count). The predicted molar refractivity (Wildman–Crippen MR) is 428 cm³/mol. The average Bonchev–Trinajstić information content (AvgIpc) is 1.10. The van der Waals surface area contributed by atoms with Crippen LogP contribution in [0.1, 0.15) is 102 Å². The van der Waals surface area contributed by atoms with Gasteiger partial charge in [-0.25, -0.2) is 45.8 Å². The highest BCUT2D eigenvalue weighted by atomic mass is 32.2. The molecular formula is C78H101F2N15O19S2. The monoisotopic (exact) mass is 1650 g/mol. The summed E-state index contributed by atoms with van der Waals surface area (Å²) in [7, 11) is -3.78. The highest BCUT2D eigenvalue weighted by Gasteiger charge is 2.40. The molecule has 4 bridgehead atoms. The maximum atomic E-state index is 15.3. The van der Waals surface area contributed by atoms with E-state index in [0.717, 1.165) is 25.2 Å². The zero-order valence-electron chi connectivity index (χ0n) is 65.4. The number of fused-ring (bicyclic) bond motifs is 6. The Kier molecular flexibility index (Phi) is 35.2. The van der Waals surface area contributed by atoms with Gasteiger partial charge in [0.25, 0.3) is 15.9 Å². The first-order valence-corrected chi connectivity index (χ1v) is 41.5. The van der Waals surface area contributed by atoms with Crippen molar-refractivity contribution in [2.75, 3.05) is 132 Å². The van der Waals surface area contributed by atoms with Crippen molar-refractivity contribution in [3.63, 3.8) is 0 Å². The molecular weight excluding hydrogens is 1550 g/mol. The third-order valence-electron chi connectivity index (χ3n) is 17.6. The van der Waals surface area contributed by atoms with Crippen molar-refractivity contribution in [2.45, 2.75) is 120 Å². The Morgan fingerprint density at radius 1 is 0.716 bits per heavy atom. The van der Waals surface area contributed by atoms with Crippen molar-refractivity contribution in [2.24, 2.45) is 10.3 Å². The van der Waals surface area contributed by atoms with Crippen LogP contribution in [0.4, 0.5) is 57.5 Å². The fourth-order valence-electron chi connectivity index (χ4n) is 12.0. The molecule has 11 N–H and O–H groups in total. The number of hydrogen-bond donors (Lipinski definition) is 11. The minimum absolute atomic E-state index is 0.0383. The summed E-state index contributed by atoms with van der Waals surface area (Å²) in [5.74, 6) is -6.76. The van der Waals surface area contributed by atoms with Gasteiger partial charge in [0.05, 0.1) is 105 Å². The molecule has 38 heteroatoms. The Morgan fingerprint density at radius 2 is 1.39 bits per heavy atom. The lowest BCUT2D eigenvalue weighted by Crippen LogP contribution is -2.56. The second-order valence-corrected chi connectivity index (χ2v) is 31.9. The summed E-state index contributed by atoms with van der Waals surface area (Å²) < 4.78 is 112. The summed E-state index contributed by atoms with van der Waals surface area (Å²) in [4.78, 5) is 131. The molecule has 6 aromatic rings. The molecule has 2 aliphatic rings. The van der Waals surface area contributed by atoms with E-state index in [1.54, 1.807) is 32.0 Å². The highest BCUT2D eigenvalue weighted by molar-refractivity contribution is 7.93. The molecule has 0 radical (unpaired) electrons. The topological polar surface area (TPSA) is 445 Å². The Balaban J connectivity index is 0.748. The smallest absolute Gasteiger partial charge is 0.319 e. The number of rotatable bonds is 39. The van der Waals surface area contributed by atoms with E-state index >= 15 is 4.39 Å². The summed E-state index contributed by atoms with van der Waals surface area (Å²) in [5.41, 5.74) is 2.10. The van der Waals surface area contributed by atoms with E-state index in [2.05, 4.69) is 66.9 Å². The average molecular weight is 1650 g/mol. The molecule has 3 heterocycles. The molecule has 5 aromatic carbocycles. The van der Waals surface area contributed by atoms with Crippen LogP contribution in [0.5, 0.6) is 11.5 Å². The fraction of sp³-hybridized carbons (Fsp3) is 0.449. The van der Waals surface area contributed by atoms with E-state index < -0.39 is 128 Å². The Morgan fingerprint density at radius 3 is 2.09 bits per heavy atom. The van der Waals surface area contributed by atoms with E-state index in [-0.39, 0.29) is 136 Å². The van der Waals surface area contributed by atoms with Gasteiger partial charge in [-0.3, -0.25) is 33.5 Å². The lowest BCUT2D eigenvalue weighted by Gasteiger charge is -2.30. The van der Waals surface area contributed by atoms with Crippen LogP contribution in [0.15, 0.2) is 125 Å². The van der Waals surface area contributed by atoms with E-state index in [1.807, 2.05) is 25.9 Å². The number of sulfonamides is 1. The first kappa shape index (κ1) is 90.3. The predicted octanol–water partition coefficient (Wildman–Crippen LogP) is 8.66. The van der Waals surface area contributed by atoms with Gasteiger partial charge in [0.15, 0.2) is 5.82 Å². The molecule has 1 aromatic heterocycles. The number of ether oxygens (including phenoxy) is 6. The van der Waals surface area contributed by atoms with Crippen molar-refractivity contribution < 1.29 is 98.1 Å². The number of nitrogens with zero attached hydrogens (tertiary/aromatic N) is 5. The number of urea groups is 3. The second kappa shape index (κ2) is 45.2. The number of likely N-dealkylation sites (tertiary alicyclic amines) is 1. The van der Waals surface area contributed by atoms with Crippen LogP contribution in [0.3, 0.4) is 0 Å². The fourth-order valence-corrected chi connectivity index (χ4v) is 14.4. The number of carbonyl (C=O) groups excluding carboxylic acids is 8. The zero-order chi connectivity index (χ0) is 83.7. The van der Waals surface area contributed by atoms with Crippen LogP contribution in [-0.2, 0) is 73.2 Å². The molecule has 0 saturated carbocycles. The third kappa shape index (κ3) is 30.2. The third-order valence-corrected chi connectivity index (χ3v) is 20.4. The van der Waals surface area contributed by atoms with Gasteiger partial charge in [0.2, 0.25) is 23.7 Å². The molecule has 0 aliphatic carbocycles. The van der Waals surface area contributed by atoms with Gasteiger partial charge in [0.1, 0.15) is 41.1 Å². The number of carboxylic acids is 1. The van der Waals surface area contributed by atoms with Crippen molar-refractivity contribution in [3.8, 4) is 22.8 Å². The Hall–Kier alpha value is -11.2. The first-order chi connectivity index (χ1) is 55.5. The molecule has 34 nitrogen and oxygen atoms in total. The highest BCUT2D eigenvalue weighted by Crippen LogP contribution is 2.34. The summed E-state index contributed by atoms with van der Waals surface area (Å²) in [6.07, 6.45) is 4.44. The number of unbranched alkanes of at least 4 members (excludes halogenated alkanes) is 1. The van der Waals surface area contributed by atoms with E-state index in [1.165, 1.54) is 96.1 Å². The van der Waals surface area contributed by atoms with E-state index in [4.69, 9.17) is 28.4 Å². The number of amides is 10. The maximum absolute atomic E-state index is 15.3. The minimum atomic E-state index is -4.19. The van der Waals surface area contributed by atoms with Crippen LogP contribution >= 0.6 is 0 Å². The summed E-state index contributed by atoms with van der Waals surface area (Å²) >= 11 is 0. The number of anilines is 6. The van der Waals surface area contributed by atoms with E-state index in [0.29, 0.717) is 67.0 Å². The quantitative estimate of drug-likeness (QED) is 0.0127. The van der Waals surface area contributed by atoms with Crippen LogP contribution in [0.2, 0.25) is 0 Å². The number of carbonyl (C=O) groups is 9. The van der Waals surface area contributed by atoms with Crippen molar-refractivity contribution in [1.29, 1.82) is 0 Å². The molecule has 0 unspecified atom stereocenters. The first-order valence-electron chi connectivity index (χ1n) is 37.9. The lowest BCUT2D eigenvalue weighted by atomic mass is 10.0. The SMILES string of the molecule is CCCNC(=O)Nc1cccc(S(=O)(=O)Nc2cccc([C@@H](CC(=O)O)NC(=O)Nc3ccc(NC(=O)NCCOCCOCCOCCC(=O)N[C@@H](CC(=O)OCCCCN(C)C)C(=O)N4CCC[C@H]4C(=O)N[C@H](C(=O)N=[S@@](C)(=O)Cc4cc5cc(c4)OCCCCOc4cc(F)ccc4-c4nc(ncc4F)N5)C(C)C)cc3)c2)c1. The number of carboxylic acid groups (broad SMARTS) is 1. The van der Waals surface area contributed by atoms with Crippen LogP contribution in [-0.4, -0.2) is 215 Å². The van der Waals surface area contributed by atoms with E-state index in [9.17, 15) is 65.3 Å². The molecule has 1 saturated heterocycles. The normalized spacial score (nSPS) is 14.6. The number of nitrogens with one attached hydrogen (secondary N) is 10. The lowest BCUT2D eigenvalue weighted by molar-refractivity contribution is -0.149. The van der Waals surface area contributed by atoms with Gasteiger partial charge in [-0.15, -0.1) is 0 Å². The molecule has 5 atom stereocenters. The van der Waals surface area contributed by atoms with Gasteiger partial charge in [-0.05, 0) is 161 Å². The molecule has 0 spiro atoms. The molecule has 1 fully saturated rings. The molecule has 116 heavy (non-hydrogen) atoms. The van der Waals surface area contributed by atoms with Crippen LogP contribution in [0, 0.1) is 17.6 Å². The minimum Gasteiger partial charge on any atom is -0.494 e. The second-order valence-electron chi connectivity index (χ2n) is 27.9. The summed E-state index contributed by atoms with van der Waals surface area (Å²) in [5, 5.41) is 33.9. The van der Waals surface area contributed by atoms with Crippen molar-refractivity contribution >= 4 is 108 Å². The molecule has 10 amide bonds. The number of aliphatic carboxylic acids is 1. The molecule has 2 aliphatic heterocycles. The summed E-state index contributed by atoms with van der Waals surface area (Å²) in [6, 6.07) is 19.3. The Bertz CT molecular complexity index is 4640. The molecule has 628 valence electrons. The number of halogens is 2. The Labute approximate surface area is 672 Å². The number of benzene rings is 5.